The van der Waals surface area contributed by atoms with Gasteiger partial charge in [0.05, 0.1) is 12.1 Å². The summed E-state index contributed by atoms with van der Waals surface area (Å²) >= 11 is 1.75. The van der Waals surface area contributed by atoms with Crippen LogP contribution in [0.2, 0.25) is 0 Å². The Labute approximate surface area is 118 Å². The number of hydrogen-bond acceptors (Lipinski definition) is 3. The van der Waals surface area contributed by atoms with Gasteiger partial charge in [-0.25, -0.2) is 4.39 Å². The maximum Gasteiger partial charge on any atom is 0.157 e. The van der Waals surface area contributed by atoms with Crippen molar-refractivity contribution in [3.63, 3.8) is 0 Å². The number of aryl methyl sites for hydroxylation is 1. The van der Waals surface area contributed by atoms with Crippen LogP contribution in [0.3, 0.4) is 0 Å². The highest BCUT2D eigenvalue weighted by Gasteiger charge is 2.22. The van der Waals surface area contributed by atoms with Crippen LogP contribution in [-0.2, 0) is 0 Å². The van der Waals surface area contributed by atoms with Crippen molar-refractivity contribution in [2.75, 3.05) is 5.75 Å². The molecule has 1 aromatic carbocycles. The predicted octanol–water partition coefficient (Wildman–Crippen LogP) is 3.91. The minimum absolute atomic E-state index is 0.0762. The molecule has 1 aliphatic heterocycles. The van der Waals surface area contributed by atoms with Gasteiger partial charge < -0.3 is 5.32 Å². The van der Waals surface area contributed by atoms with Gasteiger partial charge in [-0.3, -0.25) is 4.99 Å². The van der Waals surface area contributed by atoms with Gasteiger partial charge in [0.25, 0.3) is 0 Å². The van der Waals surface area contributed by atoms with Gasteiger partial charge >= 0.3 is 0 Å². The van der Waals surface area contributed by atoms with Crippen LogP contribution in [0.4, 0.5) is 4.39 Å². The Balaban J connectivity index is 2.03. The van der Waals surface area contributed by atoms with Gasteiger partial charge in [-0.05, 0) is 37.0 Å². The Morgan fingerprint density at radius 3 is 2.68 bits per heavy atom. The Hall–Kier alpha value is -1.03. The van der Waals surface area contributed by atoms with E-state index in [-0.39, 0.29) is 11.9 Å². The summed E-state index contributed by atoms with van der Waals surface area (Å²) in [6, 6.07) is 5.87. The normalized spacial score (nSPS) is 20.5. The zero-order valence-corrected chi connectivity index (χ0v) is 12.7. The maximum absolute atomic E-state index is 13.6. The van der Waals surface area contributed by atoms with Crippen molar-refractivity contribution < 1.29 is 4.39 Å². The number of amidine groups is 1. The van der Waals surface area contributed by atoms with Gasteiger partial charge in [-0.15, -0.1) is 0 Å². The van der Waals surface area contributed by atoms with Crippen LogP contribution in [-0.4, -0.2) is 17.0 Å². The van der Waals surface area contributed by atoms with Gasteiger partial charge in [0.2, 0.25) is 0 Å². The second kappa shape index (κ2) is 5.95. The molecule has 0 amide bonds. The molecule has 1 aliphatic rings. The molecule has 19 heavy (non-hydrogen) atoms. The Bertz CT molecular complexity index is 485. The van der Waals surface area contributed by atoms with Crippen LogP contribution in [0.1, 0.15) is 37.9 Å². The highest BCUT2D eigenvalue weighted by atomic mass is 32.2. The van der Waals surface area contributed by atoms with Gasteiger partial charge in [0.15, 0.2) is 5.17 Å². The summed E-state index contributed by atoms with van der Waals surface area (Å²) in [5, 5.41) is 4.35. The third-order valence-corrected chi connectivity index (χ3v) is 4.48. The Morgan fingerprint density at radius 2 is 2.11 bits per heavy atom. The molecule has 4 heteroatoms. The molecule has 2 nitrogen and oxygen atoms in total. The monoisotopic (exact) mass is 280 g/mol. The van der Waals surface area contributed by atoms with Crippen molar-refractivity contribution in [3.05, 3.63) is 35.1 Å². The SMILES string of the molecule is Cc1ccc(C(C)NC2=N[C@@H](C(C)C)CS2)cc1F. The first-order valence-electron chi connectivity index (χ1n) is 6.70. The molecule has 2 atom stereocenters. The summed E-state index contributed by atoms with van der Waals surface area (Å²) in [6.45, 7) is 8.20. The summed E-state index contributed by atoms with van der Waals surface area (Å²) in [7, 11) is 0. The largest absolute Gasteiger partial charge is 0.358 e. The van der Waals surface area contributed by atoms with Crippen molar-refractivity contribution in [3.8, 4) is 0 Å². The lowest BCUT2D eigenvalue weighted by Crippen LogP contribution is -2.23. The van der Waals surface area contributed by atoms with E-state index in [1.807, 2.05) is 19.1 Å². The molecule has 0 radical (unpaired) electrons. The van der Waals surface area contributed by atoms with Gasteiger partial charge in [-0.1, -0.05) is 37.7 Å². The predicted molar refractivity (Wildman–Crippen MR) is 81.2 cm³/mol. The van der Waals surface area contributed by atoms with Crippen molar-refractivity contribution in [1.29, 1.82) is 0 Å². The summed E-state index contributed by atoms with van der Waals surface area (Å²) in [6.07, 6.45) is 0. The van der Waals surface area contributed by atoms with E-state index in [4.69, 9.17) is 0 Å². The molecule has 0 fully saturated rings. The Kier molecular flexibility index (Phi) is 4.50. The molecule has 1 unspecified atom stereocenters. The van der Waals surface area contributed by atoms with E-state index < -0.39 is 0 Å². The molecule has 1 heterocycles. The fourth-order valence-corrected chi connectivity index (χ4v) is 3.22. The fraction of sp³-hybridized carbons (Fsp3) is 0.533. The summed E-state index contributed by atoms with van der Waals surface area (Å²) in [5.41, 5.74) is 1.64. The Morgan fingerprint density at radius 1 is 1.37 bits per heavy atom. The number of thioether (sulfide) groups is 1. The number of aliphatic imine (C=N–C) groups is 1. The lowest BCUT2D eigenvalue weighted by molar-refractivity contribution is 0.541. The lowest BCUT2D eigenvalue weighted by Gasteiger charge is -2.15. The highest BCUT2D eigenvalue weighted by Crippen LogP contribution is 2.24. The van der Waals surface area contributed by atoms with Crippen LogP contribution in [0.15, 0.2) is 23.2 Å². The van der Waals surface area contributed by atoms with Crippen LogP contribution < -0.4 is 5.32 Å². The molecular weight excluding hydrogens is 259 g/mol. The molecule has 0 saturated carbocycles. The molecule has 1 aromatic rings. The number of nitrogens with one attached hydrogen (secondary N) is 1. The maximum atomic E-state index is 13.6. The molecule has 0 aromatic heterocycles. The first-order chi connectivity index (χ1) is 8.97. The molecule has 0 aliphatic carbocycles. The number of nitrogens with zero attached hydrogens (tertiary/aromatic N) is 1. The van der Waals surface area contributed by atoms with Crippen LogP contribution >= 0.6 is 11.8 Å². The van der Waals surface area contributed by atoms with E-state index in [9.17, 15) is 4.39 Å². The van der Waals surface area contributed by atoms with E-state index in [1.165, 1.54) is 0 Å². The van der Waals surface area contributed by atoms with E-state index in [1.54, 1.807) is 24.8 Å². The first kappa shape index (κ1) is 14.4. The third kappa shape index (κ3) is 3.50. The number of benzene rings is 1. The summed E-state index contributed by atoms with van der Waals surface area (Å²) in [4.78, 5) is 4.67. The topological polar surface area (TPSA) is 24.4 Å². The average Bonchev–Trinajstić information content (AvgIpc) is 2.81. The third-order valence-electron chi connectivity index (χ3n) is 3.48. The zero-order chi connectivity index (χ0) is 14.0. The van der Waals surface area contributed by atoms with Crippen molar-refractivity contribution in [1.82, 2.24) is 5.32 Å². The molecule has 1 N–H and O–H groups in total. The number of hydrogen-bond donors (Lipinski definition) is 1. The summed E-state index contributed by atoms with van der Waals surface area (Å²) < 4.78 is 13.6. The van der Waals surface area contributed by atoms with Crippen LogP contribution in [0.5, 0.6) is 0 Å². The quantitative estimate of drug-likeness (QED) is 0.907. The minimum Gasteiger partial charge on any atom is -0.358 e. The minimum atomic E-state index is -0.146. The smallest absolute Gasteiger partial charge is 0.157 e. The van der Waals surface area contributed by atoms with Crippen molar-refractivity contribution >= 4 is 16.9 Å². The fourth-order valence-electron chi connectivity index (χ4n) is 1.96. The van der Waals surface area contributed by atoms with Gasteiger partial charge in [0, 0.05) is 5.75 Å². The van der Waals surface area contributed by atoms with Crippen molar-refractivity contribution in [2.24, 2.45) is 10.9 Å². The lowest BCUT2D eigenvalue weighted by atomic mass is 10.1. The number of halogens is 1. The van der Waals surface area contributed by atoms with Gasteiger partial charge in [-0.2, -0.15) is 0 Å². The van der Waals surface area contributed by atoms with E-state index in [0.717, 1.165) is 16.5 Å². The van der Waals surface area contributed by atoms with Crippen molar-refractivity contribution in [2.45, 2.75) is 39.8 Å². The van der Waals surface area contributed by atoms with Gasteiger partial charge in [0.1, 0.15) is 5.82 Å². The van der Waals surface area contributed by atoms with E-state index in [0.29, 0.717) is 17.5 Å². The molecule has 2 rings (SSSR count). The van der Waals surface area contributed by atoms with Crippen LogP contribution in [0.25, 0.3) is 0 Å². The zero-order valence-electron chi connectivity index (χ0n) is 11.9. The molecule has 0 saturated heterocycles. The average molecular weight is 280 g/mol. The van der Waals surface area contributed by atoms with E-state index in [2.05, 4.69) is 24.2 Å². The molecule has 0 bridgehead atoms. The second-order valence-electron chi connectivity index (χ2n) is 5.43. The molecular formula is C15H21FN2S. The molecule has 0 spiro atoms. The standard InChI is InChI=1S/C15H21FN2S/c1-9(2)14-8-19-15(18-14)17-11(4)12-6-5-10(3)13(16)7-12/h5-7,9,11,14H,8H2,1-4H3,(H,17,18)/t11?,14-/m1/s1. The highest BCUT2D eigenvalue weighted by molar-refractivity contribution is 8.14. The van der Waals surface area contributed by atoms with Crippen LogP contribution in [0, 0.1) is 18.7 Å². The second-order valence-corrected chi connectivity index (χ2v) is 6.44. The summed E-state index contributed by atoms with van der Waals surface area (Å²) in [5.74, 6) is 1.46. The van der Waals surface area contributed by atoms with E-state index >= 15 is 0 Å². The first-order valence-corrected chi connectivity index (χ1v) is 7.69. The molecule has 104 valence electrons. The number of rotatable bonds is 3.